The normalized spacial score (nSPS) is 19.3. The minimum Gasteiger partial charge on any atom is -0.493 e. The molecule has 1 aromatic rings. The average molecular weight is 382 g/mol. The first-order valence-corrected chi connectivity index (χ1v) is 9.12. The molecule has 0 N–H and O–H groups in total. The van der Waals surface area contributed by atoms with Gasteiger partial charge < -0.3 is 23.8 Å². The monoisotopic (exact) mass is 381 g/mol. The molecule has 0 aliphatic carbocycles. The Morgan fingerprint density at radius 2 is 1.88 bits per heavy atom. The molecule has 0 bridgehead atoms. The number of hydrogen-bond acceptors (Lipinski definition) is 5. The van der Waals surface area contributed by atoms with E-state index in [-0.39, 0.29) is 12.2 Å². The van der Waals surface area contributed by atoms with Crippen molar-refractivity contribution in [1.82, 2.24) is 4.90 Å². The Hall–Kier alpha value is -1.76. The first-order chi connectivity index (χ1) is 12.6. The first-order valence-electron chi connectivity index (χ1n) is 8.74. The fourth-order valence-electron chi connectivity index (χ4n) is 3.35. The Morgan fingerprint density at radius 3 is 2.50 bits per heavy atom. The van der Waals surface area contributed by atoms with Crippen molar-refractivity contribution in [2.24, 2.45) is 5.92 Å². The molecular weight excluding hydrogens is 358 g/mol. The zero-order valence-corrected chi connectivity index (χ0v) is 15.8. The summed E-state index contributed by atoms with van der Waals surface area (Å²) in [4.78, 5) is 14.3. The number of piperidine rings is 1. The van der Waals surface area contributed by atoms with Crippen LogP contribution in [0.3, 0.4) is 0 Å². The van der Waals surface area contributed by atoms with Gasteiger partial charge in [0.2, 0.25) is 5.91 Å². The second kappa shape index (κ2) is 8.75. The minimum atomic E-state index is -0.100. The maximum absolute atomic E-state index is 12.4. The number of ether oxygens (including phenoxy) is 4. The number of amides is 1. The van der Waals surface area contributed by atoms with Crippen molar-refractivity contribution in [1.29, 1.82) is 0 Å². The summed E-state index contributed by atoms with van der Waals surface area (Å²) in [6.45, 7) is 2.76. The molecule has 2 aliphatic rings. The van der Waals surface area contributed by atoms with E-state index in [0.717, 1.165) is 18.4 Å². The van der Waals surface area contributed by atoms with Gasteiger partial charge in [0.1, 0.15) is 0 Å². The number of nitrogens with zero attached hydrogens (tertiary/aromatic N) is 1. The zero-order valence-electron chi connectivity index (χ0n) is 15.1. The van der Waals surface area contributed by atoms with Crippen molar-refractivity contribution in [3.05, 3.63) is 28.8 Å². The van der Waals surface area contributed by atoms with E-state index in [0.29, 0.717) is 48.7 Å². The third-order valence-electron chi connectivity index (χ3n) is 4.76. The summed E-state index contributed by atoms with van der Waals surface area (Å²) in [7, 11) is 3.09. The highest BCUT2D eigenvalue weighted by atomic mass is 35.5. The topological polar surface area (TPSA) is 57.2 Å². The van der Waals surface area contributed by atoms with Gasteiger partial charge in [0.15, 0.2) is 17.8 Å². The van der Waals surface area contributed by atoms with Crippen molar-refractivity contribution in [2.75, 3.05) is 40.5 Å². The maximum atomic E-state index is 12.4. The van der Waals surface area contributed by atoms with Crippen LogP contribution in [-0.4, -0.2) is 57.6 Å². The molecule has 0 saturated carbocycles. The van der Waals surface area contributed by atoms with Crippen LogP contribution in [0.1, 0.15) is 18.4 Å². The van der Waals surface area contributed by atoms with Crippen LogP contribution >= 0.6 is 11.6 Å². The number of carbonyl (C=O) groups is 1. The van der Waals surface area contributed by atoms with Crippen molar-refractivity contribution in [3.63, 3.8) is 0 Å². The van der Waals surface area contributed by atoms with Gasteiger partial charge in [-0.15, -0.1) is 0 Å². The van der Waals surface area contributed by atoms with Gasteiger partial charge in [-0.25, -0.2) is 0 Å². The molecule has 1 amide bonds. The molecule has 26 heavy (non-hydrogen) atoms. The lowest BCUT2D eigenvalue weighted by Crippen LogP contribution is -2.40. The molecule has 1 aromatic carbocycles. The molecule has 7 heteroatoms. The lowest BCUT2D eigenvalue weighted by molar-refractivity contribution is -0.131. The van der Waals surface area contributed by atoms with Crippen LogP contribution in [0.2, 0.25) is 5.02 Å². The quantitative estimate of drug-likeness (QED) is 0.734. The molecule has 0 spiro atoms. The number of carbonyl (C=O) groups excluding carboxylic acids is 1. The molecule has 6 nitrogen and oxygen atoms in total. The highest BCUT2D eigenvalue weighted by molar-refractivity contribution is 6.32. The van der Waals surface area contributed by atoms with E-state index in [9.17, 15) is 4.79 Å². The van der Waals surface area contributed by atoms with E-state index in [1.807, 2.05) is 4.90 Å². The summed E-state index contributed by atoms with van der Waals surface area (Å²) in [5.41, 5.74) is 0.781. The van der Waals surface area contributed by atoms with Crippen molar-refractivity contribution in [3.8, 4) is 11.5 Å². The van der Waals surface area contributed by atoms with Crippen molar-refractivity contribution < 1.29 is 23.7 Å². The molecule has 0 atom stereocenters. The van der Waals surface area contributed by atoms with Gasteiger partial charge >= 0.3 is 0 Å². The summed E-state index contributed by atoms with van der Waals surface area (Å²) in [6.07, 6.45) is 5.00. The second-order valence-electron chi connectivity index (χ2n) is 6.34. The van der Waals surface area contributed by atoms with E-state index in [2.05, 4.69) is 0 Å². The molecule has 142 valence electrons. The number of likely N-dealkylation sites (tertiary alicyclic amines) is 1. The smallest absolute Gasteiger partial charge is 0.246 e. The SMILES string of the molecule is COc1cc(/C=C/C(=O)N2CCC(C3OCCO3)CC2)cc(Cl)c1OC. The molecule has 2 aliphatic heterocycles. The highest BCUT2D eigenvalue weighted by Gasteiger charge is 2.31. The maximum Gasteiger partial charge on any atom is 0.246 e. The van der Waals surface area contributed by atoms with Crippen LogP contribution in [0.25, 0.3) is 6.08 Å². The molecule has 2 fully saturated rings. The number of benzene rings is 1. The summed E-state index contributed by atoms with van der Waals surface area (Å²) < 4.78 is 21.6. The zero-order chi connectivity index (χ0) is 18.5. The summed E-state index contributed by atoms with van der Waals surface area (Å²) in [6, 6.07) is 3.53. The van der Waals surface area contributed by atoms with E-state index >= 15 is 0 Å². The van der Waals surface area contributed by atoms with E-state index < -0.39 is 0 Å². The fourth-order valence-corrected chi connectivity index (χ4v) is 3.64. The molecule has 0 radical (unpaired) electrons. The average Bonchev–Trinajstić information content (AvgIpc) is 3.20. The predicted octanol–water partition coefficient (Wildman–Crippen LogP) is 2.98. The van der Waals surface area contributed by atoms with Gasteiger partial charge in [0.25, 0.3) is 0 Å². The summed E-state index contributed by atoms with van der Waals surface area (Å²) in [5.74, 6) is 1.37. The molecule has 3 rings (SSSR count). The Labute approximate surface area is 158 Å². The summed E-state index contributed by atoms with van der Waals surface area (Å²) >= 11 is 6.20. The van der Waals surface area contributed by atoms with Gasteiger partial charge in [-0.2, -0.15) is 0 Å². The van der Waals surface area contributed by atoms with Crippen LogP contribution < -0.4 is 9.47 Å². The minimum absolute atomic E-state index is 0.0115. The lowest BCUT2D eigenvalue weighted by Gasteiger charge is -2.33. The van der Waals surface area contributed by atoms with Crippen LogP contribution in [0, 0.1) is 5.92 Å². The van der Waals surface area contributed by atoms with Gasteiger partial charge in [0.05, 0.1) is 32.5 Å². The standard InChI is InChI=1S/C19H24ClNO5/c1-23-16-12-13(11-15(20)18(16)24-2)3-4-17(22)21-7-5-14(6-8-21)19-25-9-10-26-19/h3-4,11-12,14,19H,5-10H2,1-2H3/b4-3+. The number of methoxy groups -OCH3 is 2. The van der Waals surface area contributed by atoms with Crippen LogP contribution in [-0.2, 0) is 14.3 Å². The summed E-state index contributed by atoms with van der Waals surface area (Å²) in [5, 5.41) is 0.441. The third-order valence-corrected chi connectivity index (χ3v) is 5.04. The molecule has 2 saturated heterocycles. The van der Waals surface area contributed by atoms with Gasteiger partial charge in [-0.05, 0) is 36.6 Å². The molecular formula is C19H24ClNO5. The second-order valence-corrected chi connectivity index (χ2v) is 6.75. The highest BCUT2D eigenvalue weighted by Crippen LogP contribution is 2.36. The number of rotatable bonds is 5. The van der Waals surface area contributed by atoms with Crippen LogP contribution in [0.5, 0.6) is 11.5 Å². The van der Waals surface area contributed by atoms with E-state index in [4.69, 9.17) is 30.5 Å². The third kappa shape index (κ3) is 4.31. The van der Waals surface area contributed by atoms with E-state index in [1.165, 1.54) is 7.11 Å². The van der Waals surface area contributed by atoms with Crippen LogP contribution in [0.4, 0.5) is 0 Å². The van der Waals surface area contributed by atoms with Gasteiger partial charge in [-0.3, -0.25) is 4.79 Å². The lowest BCUT2D eigenvalue weighted by atomic mass is 9.96. The van der Waals surface area contributed by atoms with Gasteiger partial charge in [0, 0.05) is 25.1 Å². The van der Waals surface area contributed by atoms with Gasteiger partial charge in [-0.1, -0.05) is 11.6 Å². The molecule has 0 aromatic heterocycles. The Kier molecular flexibility index (Phi) is 6.40. The Morgan fingerprint density at radius 1 is 1.19 bits per heavy atom. The molecule has 0 unspecified atom stereocenters. The Bertz CT molecular complexity index is 664. The van der Waals surface area contributed by atoms with Crippen LogP contribution in [0.15, 0.2) is 18.2 Å². The van der Waals surface area contributed by atoms with Crippen molar-refractivity contribution >= 4 is 23.6 Å². The number of halogens is 1. The predicted molar refractivity (Wildman–Crippen MR) is 98.6 cm³/mol. The van der Waals surface area contributed by atoms with E-state index in [1.54, 1.807) is 31.4 Å². The largest absolute Gasteiger partial charge is 0.493 e. The first kappa shape index (κ1) is 19.0. The fraction of sp³-hybridized carbons (Fsp3) is 0.526. The Balaban J connectivity index is 1.59. The van der Waals surface area contributed by atoms with Crippen molar-refractivity contribution in [2.45, 2.75) is 19.1 Å². The number of hydrogen-bond donors (Lipinski definition) is 0. The molecule has 2 heterocycles.